The minimum Gasteiger partial charge on any atom is -0.457 e. The van der Waals surface area contributed by atoms with Gasteiger partial charge in [0.25, 0.3) is 0 Å². The van der Waals surface area contributed by atoms with E-state index in [-0.39, 0.29) is 30.5 Å². The van der Waals surface area contributed by atoms with Crippen molar-refractivity contribution in [1.82, 2.24) is 0 Å². The molecular formula is C29H39ClO8. The Morgan fingerprint density at radius 2 is 1.92 bits per heavy atom. The van der Waals surface area contributed by atoms with Crippen molar-refractivity contribution in [2.24, 2.45) is 28.6 Å². The van der Waals surface area contributed by atoms with Crippen LogP contribution < -0.4 is 0 Å². The molecule has 0 radical (unpaired) electrons. The molecule has 3 saturated carbocycles. The third-order valence-corrected chi connectivity index (χ3v) is 11.0. The van der Waals surface area contributed by atoms with Gasteiger partial charge in [-0.15, -0.1) is 11.6 Å². The fraction of sp³-hybridized carbons (Fsp3) is 0.724. The molecule has 0 aromatic carbocycles. The van der Waals surface area contributed by atoms with E-state index in [4.69, 9.17) is 25.8 Å². The summed E-state index contributed by atoms with van der Waals surface area (Å²) in [6.45, 7) is 7.10. The first-order valence-corrected chi connectivity index (χ1v) is 14.0. The van der Waals surface area contributed by atoms with Crippen molar-refractivity contribution < 1.29 is 38.5 Å². The van der Waals surface area contributed by atoms with Gasteiger partial charge in [0.1, 0.15) is 0 Å². The summed E-state index contributed by atoms with van der Waals surface area (Å²) in [4.78, 5) is 49.8. The normalized spacial score (nSPS) is 41.3. The quantitative estimate of drug-likeness (QED) is 0.358. The van der Waals surface area contributed by atoms with Gasteiger partial charge >= 0.3 is 12.1 Å². The van der Waals surface area contributed by atoms with Gasteiger partial charge in [0, 0.05) is 23.2 Å². The number of rotatable bonds is 7. The summed E-state index contributed by atoms with van der Waals surface area (Å²) in [5.74, 6) is -1.97. The van der Waals surface area contributed by atoms with E-state index in [9.17, 15) is 24.3 Å². The zero-order chi connectivity index (χ0) is 28.1. The number of carbonyl (C=O) groups is 4. The van der Waals surface area contributed by atoms with Gasteiger partial charge in [-0.25, -0.2) is 4.79 Å². The summed E-state index contributed by atoms with van der Waals surface area (Å²) in [5.41, 5.74) is -2.52. The maximum atomic E-state index is 14.0. The highest BCUT2D eigenvalue weighted by Gasteiger charge is 2.76. The van der Waals surface area contributed by atoms with Crippen LogP contribution in [0.2, 0.25) is 0 Å². The van der Waals surface area contributed by atoms with Crippen LogP contribution in [0.4, 0.5) is 4.79 Å². The maximum Gasteiger partial charge on any atom is 0.509 e. The second-order valence-corrected chi connectivity index (χ2v) is 12.5. The molecule has 8 nitrogen and oxygen atoms in total. The van der Waals surface area contributed by atoms with Crippen LogP contribution in [0.3, 0.4) is 0 Å². The fourth-order valence-electron chi connectivity index (χ4n) is 8.22. The first-order chi connectivity index (χ1) is 17.8. The lowest BCUT2D eigenvalue weighted by atomic mass is 9.45. The molecule has 1 N–H and O–H groups in total. The van der Waals surface area contributed by atoms with E-state index in [1.54, 1.807) is 6.08 Å². The zero-order valence-electron chi connectivity index (χ0n) is 22.9. The van der Waals surface area contributed by atoms with Crippen molar-refractivity contribution in [2.75, 3.05) is 13.7 Å². The van der Waals surface area contributed by atoms with Crippen molar-refractivity contribution in [1.29, 1.82) is 0 Å². The minimum atomic E-state index is -1.68. The predicted octanol–water partition coefficient (Wildman–Crippen LogP) is 4.70. The largest absolute Gasteiger partial charge is 0.509 e. The van der Waals surface area contributed by atoms with Gasteiger partial charge in [-0.1, -0.05) is 45.8 Å². The summed E-state index contributed by atoms with van der Waals surface area (Å²) in [6.07, 6.45) is 6.38. The van der Waals surface area contributed by atoms with Crippen molar-refractivity contribution in [3.63, 3.8) is 0 Å². The Morgan fingerprint density at radius 3 is 2.58 bits per heavy atom. The lowest BCUT2D eigenvalue weighted by Crippen LogP contribution is -2.69. The van der Waals surface area contributed by atoms with Crippen LogP contribution in [0.25, 0.3) is 0 Å². The summed E-state index contributed by atoms with van der Waals surface area (Å²) in [7, 11) is 1.18. The van der Waals surface area contributed by atoms with Gasteiger partial charge in [0.2, 0.25) is 5.78 Å². The van der Waals surface area contributed by atoms with E-state index in [1.807, 2.05) is 33.8 Å². The number of aliphatic hydroxyl groups excluding tert-OH is 1. The molecule has 1 unspecified atom stereocenters. The Balaban J connectivity index is 1.74. The number of ketones is 2. The van der Waals surface area contributed by atoms with E-state index in [2.05, 4.69) is 0 Å². The maximum absolute atomic E-state index is 14.0. The number of esters is 1. The van der Waals surface area contributed by atoms with Crippen LogP contribution in [0.15, 0.2) is 23.8 Å². The van der Waals surface area contributed by atoms with Crippen molar-refractivity contribution in [2.45, 2.75) is 89.2 Å². The summed E-state index contributed by atoms with van der Waals surface area (Å²) < 4.78 is 16.0. The molecule has 0 amide bonds. The molecule has 4 aliphatic rings. The highest BCUT2D eigenvalue weighted by molar-refractivity contribution is 6.26. The Morgan fingerprint density at radius 1 is 1.21 bits per heavy atom. The molecule has 0 saturated heterocycles. The highest BCUT2D eigenvalue weighted by atomic mass is 35.5. The first kappa shape index (κ1) is 28.8. The van der Waals surface area contributed by atoms with Crippen LogP contribution in [-0.4, -0.2) is 59.1 Å². The molecular weight excluding hydrogens is 512 g/mol. The number of halogens is 1. The Bertz CT molecular complexity index is 1080. The lowest BCUT2D eigenvalue weighted by Gasteiger charge is -2.64. The van der Waals surface area contributed by atoms with E-state index < -0.39 is 57.8 Å². The number of hydrogen-bond acceptors (Lipinski definition) is 8. The van der Waals surface area contributed by atoms with E-state index in [0.29, 0.717) is 25.7 Å². The number of methoxy groups -OCH3 is 1. The van der Waals surface area contributed by atoms with Crippen LogP contribution in [0.1, 0.15) is 72.6 Å². The smallest absolute Gasteiger partial charge is 0.457 e. The molecule has 0 bridgehead atoms. The molecule has 8 atom stereocenters. The Hall–Kier alpha value is -2.19. The Labute approximate surface area is 229 Å². The van der Waals surface area contributed by atoms with Gasteiger partial charge < -0.3 is 19.3 Å². The Kier molecular flexibility index (Phi) is 7.65. The van der Waals surface area contributed by atoms with Crippen molar-refractivity contribution in [3.8, 4) is 0 Å². The lowest BCUT2D eigenvalue weighted by molar-refractivity contribution is -0.187. The average Bonchev–Trinajstić information content (AvgIpc) is 3.09. The molecule has 9 heteroatoms. The number of Topliss-reactive ketones (excluding diaryl/α,β-unsaturated/α-hetero) is 1. The topological polar surface area (TPSA) is 116 Å². The second kappa shape index (κ2) is 10.1. The van der Waals surface area contributed by atoms with E-state index in [0.717, 1.165) is 12.0 Å². The highest BCUT2D eigenvalue weighted by Crippen LogP contribution is 2.72. The summed E-state index contributed by atoms with van der Waals surface area (Å²) in [6, 6.07) is 0. The SMILES string of the molecule is CCCCC(=O)OCC(=O)[C@@]1(OC(=O)OC)[C@H](C)C[C@H]2[C@@H]3CCC4=CC(=O)C=C[C@]4(C)[C@@]3(Cl)C(O)C[C@@]21C. The number of aliphatic hydroxyl groups is 1. The summed E-state index contributed by atoms with van der Waals surface area (Å²) in [5, 5.41) is 11.8. The molecule has 0 aromatic rings. The van der Waals surface area contributed by atoms with Crippen LogP contribution in [0.5, 0.6) is 0 Å². The number of unbranched alkanes of at least 4 members (excludes halogenated alkanes) is 1. The van der Waals surface area contributed by atoms with E-state index >= 15 is 0 Å². The van der Waals surface area contributed by atoms with Gasteiger partial charge in [-0.05, 0) is 56.1 Å². The fourth-order valence-corrected chi connectivity index (χ4v) is 8.74. The molecule has 38 heavy (non-hydrogen) atoms. The number of carbonyl (C=O) groups excluding carboxylic acids is 4. The standard InChI is InChI=1S/C29H39ClO8/c1-6-7-8-24(34)37-16-23(33)29(38-25(35)36-5)17(2)13-21-20-10-9-18-14-19(31)11-12-26(18,3)28(20,30)22(32)15-27(21,29)4/h11-12,14,17,20-22,32H,6-10,13,15-16H2,1-5H3/t17-,20+,21+,22?,26+,27+,28+,29+/m1/s1. The van der Waals surface area contributed by atoms with Crippen molar-refractivity contribution in [3.05, 3.63) is 23.8 Å². The van der Waals surface area contributed by atoms with Crippen LogP contribution in [-0.2, 0) is 28.6 Å². The number of hydrogen-bond donors (Lipinski definition) is 1. The third kappa shape index (κ3) is 3.96. The molecule has 0 aliphatic heterocycles. The number of fused-ring (bicyclic) bond motifs is 5. The van der Waals surface area contributed by atoms with Gasteiger partial charge in [0.05, 0.1) is 18.1 Å². The average molecular weight is 551 g/mol. The minimum absolute atomic E-state index is 0.0825. The second-order valence-electron chi connectivity index (χ2n) is 11.9. The van der Waals surface area contributed by atoms with Crippen molar-refractivity contribution >= 4 is 35.3 Å². The monoisotopic (exact) mass is 550 g/mol. The van der Waals surface area contributed by atoms with Gasteiger partial charge in [0.15, 0.2) is 18.0 Å². The summed E-state index contributed by atoms with van der Waals surface area (Å²) >= 11 is 7.48. The van der Waals surface area contributed by atoms with Gasteiger partial charge in [-0.3, -0.25) is 14.4 Å². The molecule has 4 aliphatic carbocycles. The molecule has 3 fully saturated rings. The van der Waals surface area contributed by atoms with Crippen LogP contribution >= 0.6 is 11.6 Å². The first-order valence-electron chi connectivity index (χ1n) is 13.6. The molecule has 4 rings (SSSR count). The number of ether oxygens (including phenoxy) is 3. The van der Waals surface area contributed by atoms with Gasteiger partial charge in [-0.2, -0.15) is 0 Å². The zero-order valence-corrected chi connectivity index (χ0v) is 23.6. The number of allylic oxidation sites excluding steroid dienone is 4. The molecule has 0 spiro atoms. The molecule has 0 heterocycles. The molecule has 0 aromatic heterocycles. The molecule has 210 valence electrons. The predicted molar refractivity (Wildman–Crippen MR) is 139 cm³/mol. The number of alkyl halides is 1. The third-order valence-electron chi connectivity index (χ3n) is 10.1. The van der Waals surface area contributed by atoms with E-state index in [1.165, 1.54) is 13.2 Å². The van der Waals surface area contributed by atoms with Crippen LogP contribution in [0, 0.1) is 28.6 Å².